The van der Waals surface area contributed by atoms with Crippen LogP contribution in [-0.4, -0.2) is 63.4 Å². The zero-order valence-corrected chi connectivity index (χ0v) is 17.6. The van der Waals surface area contributed by atoms with Crippen molar-refractivity contribution in [2.24, 2.45) is 0 Å². The summed E-state index contributed by atoms with van der Waals surface area (Å²) in [7, 11) is -2.09. The van der Waals surface area contributed by atoms with Crippen molar-refractivity contribution in [3.05, 3.63) is 54.3 Å². The van der Waals surface area contributed by atoms with Crippen LogP contribution in [0.1, 0.15) is 12.8 Å². The average Bonchev–Trinajstić information content (AvgIpc) is 2.77. The van der Waals surface area contributed by atoms with E-state index in [1.54, 1.807) is 36.3 Å². The SMILES string of the molecule is COc1ccc(OCCCC(=O)N2CCN(S(=O)(=O)c3ccc(F)cc3)CC2)cc1. The summed E-state index contributed by atoms with van der Waals surface area (Å²) < 4.78 is 50.4. The predicted molar refractivity (Wildman–Crippen MR) is 109 cm³/mol. The van der Waals surface area contributed by atoms with Crippen molar-refractivity contribution in [1.29, 1.82) is 0 Å². The van der Waals surface area contributed by atoms with Crippen LogP contribution in [-0.2, 0) is 14.8 Å². The molecule has 0 unspecified atom stereocenters. The van der Waals surface area contributed by atoms with Crippen LogP contribution >= 0.6 is 0 Å². The molecule has 0 radical (unpaired) electrons. The highest BCUT2D eigenvalue weighted by atomic mass is 32.2. The first kappa shape index (κ1) is 22.0. The molecule has 0 aliphatic carbocycles. The second-order valence-electron chi connectivity index (χ2n) is 6.87. The zero-order chi connectivity index (χ0) is 21.6. The van der Waals surface area contributed by atoms with Crippen LogP contribution in [0.4, 0.5) is 4.39 Å². The van der Waals surface area contributed by atoms with E-state index in [-0.39, 0.29) is 23.9 Å². The molecule has 1 fully saturated rings. The highest BCUT2D eigenvalue weighted by Gasteiger charge is 2.29. The van der Waals surface area contributed by atoms with E-state index in [1.807, 2.05) is 0 Å². The molecule has 1 aliphatic rings. The Kier molecular flexibility index (Phi) is 7.28. The molecular formula is C21H25FN2O5S. The Hall–Kier alpha value is -2.65. The zero-order valence-electron chi connectivity index (χ0n) is 16.8. The number of hydrogen-bond donors (Lipinski definition) is 0. The van der Waals surface area contributed by atoms with E-state index >= 15 is 0 Å². The molecule has 0 atom stereocenters. The molecule has 0 spiro atoms. The van der Waals surface area contributed by atoms with Crippen molar-refractivity contribution in [3.8, 4) is 11.5 Å². The number of carbonyl (C=O) groups excluding carboxylic acids is 1. The average molecular weight is 437 g/mol. The third-order valence-corrected chi connectivity index (χ3v) is 6.82. The largest absolute Gasteiger partial charge is 0.497 e. The number of hydrogen-bond acceptors (Lipinski definition) is 5. The van der Waals surface area contributed by atoms with Crippen LogP contribution in [0, 0.1) is 5.82 Å². The predicted octanol–water partition coefficient (Wildman–Crippen LogP) is 2.53. The first-order chi connectivity index (χ1) is 14.4. The van der Waals surface area contributed by atoms with Crippen LogP contribution in [0.15, 0.2) is 53.4 Å². The lowest BCUT2D eigenvalue weighted by Gasteiger charge is -2.34. The molecule has 0 aromatic heterocycles. The minimum atomic E-state index is -3.68. The van der Waals surface area contributed by atoms with Crippen LogP contribution in [0.25, 0.3) is 0 Å². The Morgan fingerprint density at radius 2 is 1.57 bits per heavy atom. The number of sulfonamides is 1. The van der Waals surface area contributed by atoms with E-state index in [1.165, 1.54) is 16.4 Å². The van der Waals surface area contributed by atoms with Gasteiger partial charge in [-0.05, 0) is 55.0 Å². The standard InChI is InChI=1S/C21H25FN2O5S/c1-28-18-6-8-19(9-7-18)29-16-2-3-21(25)23-12-14-24(15-13-23)30(26,27)20-10-4-17(22)5-11-20/h4-11H,2-3,12-16H2,1H3. The molecule has 0 bridgehead atoms. The van der Waals surface area contributed by atoms with Gasteiger partial charge in [0, 0.05) is 32.6 Å². The molecule has 1 heterocycles. The lowest BCUT2D eigenvalue weighted by atomic mass is 10.2. The van der Waals surface area contributed by atoms with Crippen LogP contribution in [0.3, 0.4) is 0 Å². The van der Waals surface area contributed by atoms with Crippen LogP contribution < -0.4 is 9.47 Å². The van der Waals surface area contributed by atoms with Crippen LogP contribution in [0.2, 0.25) is 0 Å². The summed E-state index contributed by atoms with van der Waals surface area (Å²) in [6, 6.07) is 12.0. The molecule has 0 saturated carbocycles. The second-order valence-corrected chi connectivity index (χ2v) is 8.80. The third kappa shape index (κ3) is 5.48. The summed E-state index contributed by atoms with van der Waals surface area (Å²) in [6.45, 7) is 1.51. The summed E-state index contributed by atoms with van der Waals surface area (Å²) in [6.07, 6.45) is 0.903. The highest BCUT2D eigenvalue weighted by molar-refractivity contribution is 7.89. The van der Waals surface area contributed by atoms with Gasteiger partial charge < -0.3 is 14.4 Å². The van der Waals surface area contributed by atoms with E-state index in [2.05, 4.69) is 0 Å². The fraction of sp³-hybridized carbons (Fsp3) is 0.381. The summed E-state index contributed by atoms with van der Waals surface area (Å²) in [5, 5.41) is 0. The molecule has 0 N–H and O–H groups in total. The van der Waals surface area contributed by atoms with Crippen molar-refractivity contribution in [1.82, 2.24) is 9.21 Å². The van der Waals surface area contributed by atoms with E-state index in [9.17, 15) is 17.6 Å². The fourth-order valence-corrected chi connectivity index (χ4v) is 4.60. The van der Waals surface area contributed by atoms with Crippen molar-refractivity contribution >= 4 is 15.9 Å². The normalized spacial score (nSPS) is 15.1. The summed E-state index contributed by atoms with van der Waals surface area (Å²) >= 11 is 0. The number of nitrogens with zero attached hydrogens (tertiary/aromatic N) is 2. The summed E-state index contributed by atoms with van der Waals surface area (Å²) in [5.41, 5.74) is 0. The molecule has 1 amide bonds. The Bertz CT molecular complexity index is 940. The number of ether oxygens (including phenoxy) is 2. The minimum absolute atomic E-state index is 0.0211. The number of benzene rings is 2. The first-order valence-corrected chi connectivity index (χ1v) is 11.1. The lowest BCUT2D eigenvalue weighted by molar-refractivity contribution is -0.132. The molecule has 3 rings (SSSR count). The van der Waals surface area contributed by atoms with Gasteiger partial charge in [0.2, 0.25) is 15.9 Å². The molecule has 162 valence electrons. The first-order valence-electron chi connectivity index (χ1n) is 9.70. The maximum absolute atomic E-state index is 13.0. The summed E-state index contributed by atoms with van der Waals surface area (Å²) in [5.74, 6) is 0.952. The van der Waals surface area contributed by atoms with Crippen molar-refractivity contribution in [3.63, 3.8) is 0 Å². The number of carbonyl (C=O) groups is 1. The van der Waals surface area contributed by atoms with E-state index in [0.717, 1.165) is 17.9 Å². The third-order valence-electron chi connectivity index (χ3n) is 4.91. The van der Waals surface area contributed by atoms with Gasteiger partial charge in [0.25, 0.3) is 0 Å². The Morgan fingerprint density at radius 3 is 2.17 bits per heavy atom. The molecule has 1 aliphatic heterocycles. The van der Waals surface area contributed by atoms with Crippen molar-refractivity contribution < 1.29 is 27.1 Å². The topological polar surface area (TPSA) is 76.2 Å². The van der Waals surface area contributed by atoms with Gasteiger partial charge in [-0.15, -0.1) is 0 Å². The Morgan fingerprint density at radius 1 is 0.967 bits per heavy atom. The van der Waals surface area contributed by atoms with Gasteiger partial charge >= 0.3 is 0 Å². The number of piperazine rings is 1. The minimum Gasteiger partial charge on any atom is -0.497 e. The maximum atomic E-state index is 13.0. The summed E-state index contributed by atoms with van der Waals surface area (Å²) in [4.78, 5) is 14.1. The number of rotatable bonds is 8. The van der Waals surface area contributed by atoms with E-state index in [0.29, 0.717) is 38.3 Å². The van der Waals surface area contributed by atoms with Gasteiger partial charge in [-0.3, -0.25) is 4.79 Å². The van der Waals surface area contributed by atoms with Gasteiger partial charge in [0.05, 0.1) is 18.6 Å². The van der Waals surface area contributed by atoms with Gasteiger partial charge in [-0.25, -0.2) is 12.8 Å². The maximum Gasteiger partial charge on any atom is 0.243 e. The van der Waals surface area contributed by atoms with Gasteiger partial charge in [-0.2, -0.15) is 4.31 Å². The smallest absolute Gasteiger partial charge is 0.243 e. The Labute approximate surface area is 176 Å². The van der Waals surface area contributed by atoms with Gasteiger partial charge in [0.1, 0.15) is 17.3 Å². The Balaban J connectivity index is 1.42. The highest BCUT2D eigenvalue weighted by Crippen LogP contribution is 2.19. The molecule has 7 nitrogen and oxygen atoms in total. The molecule has 2 aromatic carbocycles. The fourth-order valence-electron chi connectivity index (χ4n) is 3.18. The quantitative estimate of drug-likeness (QED) is 0.595. The van der Waals surface area contributed by atoms with Gasteiger partial charge in [-0.1, -0.05) is 0 Å². The van der Waals surface area contributed by atoms with Gasteiger partial charge in [0.15, 0.2) is 0 Å². The molecule has 1 saturated heterocycles. The lowest BCUT2D eigenvalue weighted by Crippen LogP contribution is -2.50. The number of halogens is 1. The van der Waals surface area contributed by atoms with E-state index in [4.69, 9.17) is 9.47 Å². The molecular weight excluding hydrogens is 411 g/mol. The molecule has 2 aromatic rings. The van der Waals surface area contributed by atoms with Crippen molar-refractivity contribution in [2.45, 2.75) is 17.7 Å². The van der Waals surface area contributed by atoms with Crippen molar-refractivity contribution in [2.75, 3.05) is 39.9 Å². The van der Waals surface area contributed by atoms with E-state index < -0.39 is 15.8 Å². The molecule has 9 heteroatoms. The second kappa shape index (κ2) is 9.90. The van der Waals surface area contributed by atoms with Crippen LogP contribution in [0.5, 0.6) is 11.5 Å². The number of amides is 1. The molecule has 30 heavy (non-hydrogen) atoms. The monoisotopic (exact) mass is 436 g/mol. The number of methoxy groups -OCH3 is 1.